The highest BCUT2D eigenvalue weighted by Crippen LogP contribution is 2.19. The summed E-state index contributed by atoms with van der Waals surface area (Å²) in [6, 6.07) is 4.13. The Hall–Kier alpha value is -0.700. The van der Waals surface area contributed by atoms with Gasteiger partial charge in [0.25, 0.3) is 0 Å². The van der Waals surface area contributed by atoms with Crippen molar-refractivity contribution in [3.8, 4) is 0 Å². The van der Waals surface area contributed by atoms with Crippen LogP contribution in [0.1, 0.15) is 5.56 Å². The molecule has 0 atom stereocenters. The number of rotatable bonds is 1. The van der Waals surface area contributed by atoms with Crippen molar-refractivity contribution in [2.24, 2.45) is 0 Å². The predicted molar refractivity (Wildman–Crippen MR) is 58.5 cm³/mol. The van der Waals surface area contributed by atoms with Crippen LogP contribution in [0.5, 0.6) is 0 Å². The van der Waals surface area contributed by atoms with Crippen LogP contribution in [0, 0.1) is 6.92 Å². The Kier molecular flexibility index (Phi) is 2.74. The highest BCUT2D eigenvalue weighted by Gasteiger charge is 2.13. The number of aromatic nitrogens is 1. The van der Waals surface area contributed by atoms with Crippen LogP contribution in [0.2, 0.25) is 0 Å². The van der Waals surface area contributed by atoms with Gasteiger partial charge >= 0.3 is 0 Å². The fraction of sp³-hybridized carbons (Fsp3) is 0.500. The van der Waals surface area contributed by atoms with Crippen molar-refractivity contribution in [3.63, 3.8) is 0 Å². The summed E-state index contributed by atoms with van der Waals surface area (Å²) in [5.74, 6) is 3.63. The maximum Gasteiger partial charge on any atom is 0.131 e. The third kappa shape index (κ3) is 1.97. The van der Waals surface area contributed by atoms with Crippen LogP contribution in [0.3, 0.4) is 0 Å². The third-order valence-corrected chi connectivity index (χ3v) is 3.23. The molecule has 13 heavy (non-hydrogen) atoms. The van der Waals surface area contributed by atoms with Gasteiger partial charge in [-0.05, 0) is 18.6 Å². The van der Waals surface area contributed by atoms with E-state index < -0.39 is 0 Å². The number of anilines is 1. The van der Waals surface area contributed by atoms with Crippen LogP contribution in [-0.2, 0) is 0 Å². The van der Waals surface area contributed by atoms with Crippen molar-refractivity contribution < 1.29 is 0 Å². The number of nitrogens with zero attached hydrogens (tertiary/aromatic N) is 2. The van der Waals surface area contributed by atoms with Crippen LogP contribution in [0.4, 0.5) is 5.82 Å². The Labute approximate surface area is 83.4 Å². The zero-order valence-electron chi connectivity index (χ0n) is 7.86. The van der Waals surface area contributed by atoms with E-state index in [1.165, 1.54) is 22.9 Å². The van der Waals surface area contributed by atoms with Crippen LogP contribution in [-0.4, -0.2) is 29.6 Å². The molecule has 1 fully saturated rings. The van der Waals surface area contributed by atoms with E-state index in [1.807, 2.05) is 24.0 Å². The second kappa shape index (κ2) is 4.01. The average molecular weight is 194 g/mol. The topological polar surface area (TPSA) is 16.1 Å². The first-order chi connectivity index (χ1) is 6.38. The lowest BCUT2D eigenvalue weighted by molar-refractivity contribution is 0.834. The molecule has 0 spiro atoms. The maximum absolute atomic E-state index is 4.42. The predicted octanol–water partition coefficient (Wildman–Crippen LogP) is 1.94. The van der Waals surface area contributed by atoms with Gasteiger partial charge in [0.15, 0.2) is 0 Å². The lowest BCUT2D eigenvalue weighted by atomic mass is 10.2. The van der Waals surface area contributed by atoms with Gasteiger partial charge in [-0.3, -0.25) is 0 Å². The van der Waals surface area contributed by atoms with Crippen molar-refractivity contribution in [3.05, 3.63) is 23.9 Å². The van der Waals surface area contributed by atoms with Crippen molar-refractivity contribution in [1.29, 1.82) is 0 Å². The van der Waals surface area contributed by atoms with E-state index in [1.54, 1.807) is 0 Å². The van der Waals surface area contributed by atoms with E-state index in [9.17, 15) is 0 Å². The van der Waals surface area contributed by atoms with Gasteiger partial charge in [-0.25, -0.2) is 4.98 Å². The van der Waals surface area contributed by atoms with Gasteiger partial charge in [-0.1, -0.05) is 6.07 Å². The Morgan fingerprint density at radius 1 is 1.38 bits per heavy atom. The molecule has 0 radical (unpaired) electrons. The molecule has 0 aliphatic carbocycles. The van der Waals surface area contributed by atoms with Crippen LogP contribution in [0.25, 0.3) is 0 Å². The number of hydrogen-bond donors (Lipinski definition) is 0. The molecular weight excluding hydrogens is 180 g/mol. The number of pyridine rings is 1. The van der Waals surface area contributed by atoms with E-state index >= 15 is 0 Å². The SMILES string of the molecule is Cc1cccnc1N1CCSCC1. The summed E-state index contributed by atoms with van der Waals surface area (Å²) in [5.41, 5.74) is 1.29. The molecule has 0 aromatic carbocycles. The first-order valence-electron chi connectivity index (χ1n) is 4.62. The first-order valence-corrected chi connectivity index (χ1v) is 5.78. The van der Waals surface area contributed by atoms with Crippen LogP contribution in [0.15, 0.2) is 18.3 Å². The molecule has 2 rings (SSSR count). The second-order valence-corrected chi connectivity index (χ2v) is 4.47. The van der Waals surface area contributed by atoms with Crippen molar-refractivity contribution in [1.82, 2.24) is 4.98 Å². The fourth-order valence-electron chi connectivity index (χ4n) is 1.58. The molecule has 0 saturated carbocycles. The van der Waals surface area contributed by atoms with E-state index in [2.05, 4.69) is 22.9 Å². The average Bonchev–Trinajstić information content (AvgIpc) is 2.20. The summed E-state index contributed by atoms with van der Waals surface area (Å²) >= 11 is 2.03. The standard InChI is InChI=1S/C10H14N2S/c1-9-3-2-4-11-10(9)12-5-7-13-8-6-12/h2-4H,5-8H2,1H3. The van der Waals surface area contributed by atoms with E-state index in [-0.39, 0.29) is 0 Å². The molecule has 1 saturated heterocycles. The van der Waals surface area contributed by atoms with Gasteiger partial charge in [-0.15, -0.1) is 0 Å². The quantitative estimate of drug-likeness (QED) is 0.679. The summed E-state index contributed by atoms with van der Waals surface area (Å²) in [4.78, 5) is 6.80. The zero-order chi connectivity index (χ0) is 9.10. The Bertz CT molecular complexity index is 282. The maximum atomic E-state index is 4.42. The molecule has 2 nitrogen and oxygen atoms in total. The molecule has 1 aromatic rings. The van der Waals surface area contributed by atoms with Gasteiger partial charge in [0.2, 0.25) is 0 Å². The summed E-state index contributed by atoms with van der Waals surface area (Å²) < 4.78 is 0. The fourth-order valence-corrected chi connectivity index (χ4v) is 2.49. The Balaban J connectivity index is 2.18. The largest absolute Gasteiger partial charge is 0.355 e. The third-order valence-electron chi connectivity index (χ3n) is 2.29. The van der Waals surface area contributed by atoms with Gasteiger partial charge in [0, 0.05) is 30.8 Å². The lowest BCUT2D eigenvalue weighted by Crippen LogP contribution is -2.33. The molecule has 1 aliphatic heterocycles. The van der Waals surface area contributed by atoms with Gasteiger partial charge in [0.1, 0.15) is 5.82 Å². The number of thioether (sulfide) groups is 1. The minimum absolute atomic E-state index is 1.14. The van der Waals surface area contributed by atoms with E-state index in [4.69, 9.17) is 0 Å². The van der Waals surface area contributed by atoms with Gasteiger partial charge in [0.05, 0.1) is 0 Å². The molecule has 70 valence electrons. The van der Waals surface area contributed by atoms with E-state index in [0.717, 1.165) is 13.1 Å². The lowest BCUT2D eigenvalue weighted by Gasteiger charge is -2.28. The Morgan fingerprint density at radius 3 is 2.85 bits per heavy atom. The molecular formula is C10H14N2S. The normalized spacial score (nSPS) is 17.5. The minimum Gasteiger partial charge on any atom is -0.355 e. The second-order valence-electron chi connectivity index (χ2n) is 3.24. The summed E-state index contributed by atoms with van der Waals surface area (Å²) in [6.45, 7) is 4.41. The molecule has 1 aromatic heterocycles. The molecule has 0 amide bonds. The van der Waals surface area contributed by atoms with Crippen molar-refractivity contribution in [2.45, 2.75) is 6.92 Å². The molecule has 0 unspecified atom stereocenters. The minimum atomic E-state index is 1.14. The Morgan fingerprint density at radius 2 is 2.15 bits per heavy atom. The molecule has 1 aliphatic rings. The molecule has 3 heteroatoms. The van der Waals surface area contributed by atoms with Gasteiger partial charge in [-0.2, -0.15) is 11.8 Å². The molecule has 0 N–H and O–H groups in total. The van der Waals surface area contributed by atoms with Crippen LogP contribution >= 0.6 is 11.8 Å². The zero-order valence-corrected chi connectivity index (χ0v) is 8.68. The van der Waals surface area contributed by atoms with E-state index in [0.29, 0.717) is 0 Å². The van der Waals surface area contributed by atoms with Gasteiger partial charge < -0.3 is 4.90 Å². The number of aryl methyl sites for hydroxylation is 1. The van der Waals surface area contributed by atoms with Crippen molar-refractivity contribution in [2.75, 3.05) is 29.5 Å². The summed E-state index contributed by atoms with van der Waals surface area (Å²) in [5, 5.41) is 0. The van der Waals surface area contributed by atoms with Crippen LogP contribution < -0.4 is 4.90 Å². The molecule has 0 bridgehead atoms. The highest BCUT2D eigenvalue weighted by molar-refractivity contribution is 7.99. The smallest absolute Gasteiger partial charge is 0.131 e. The monoisotopic (exact) mass is 194 g/mol. The summed E-state index contributed by atoms with van der Waals surface area (Å²) in [6.07, 6.45) is 1.88. The molecule has 2 heterocycles. The van der Waals surface area contributed by atoms with Crippen molar-refractivity contribution >= 4 is 17.6 Å². The first kappa shape index (κ1) is 8.88. The summed E-state index contributed by atoms with van der Waals surface area (Å²) in [7, 11) is 0. The highest BCUT2D eigenvalue weighted by atomic mass is 32.2. The number of hydrogen-bond acceptors (Lipinski definition) is 3.